The fourth-order valence-electron chi connectivity index (χ4n) is 1.56. The highest BCUT2D eigenvalue weighted by Crippen LogP contribution is 2.20. The molecule has 0 fully saturated rings. The average Bonchev–Trinajstić information content (AvgIpc) is 2.28. The predicted octanol–water partition coefficient (Wildman–Crippen LogP) is 1.97. The maximum atomic E-state index is 12.4. The van der Waals surface area contributed by atoms with Gasteiger partial charge in [0.25, 0.3) is 0 Å². The summed E-state index contributed by atoms with van der Waals surface area (Å²) in [6.07, 6.45) is -3.61. The van der Waals surface area contributed by atoms with E-state index in [1.807, 2.05) is 6.92 Å². The maximum Gasteiger partial charge on any atom is 0.405 e. The van der Waals surface area contributed by atoms with E-state index in [-0.39, 0.29) is 5.82 Å². The van der Waals surface area contributed by atoms with Gasteiger partial charge in [0.05, 0.1) is 5.69 Å². The molecule has 1 rings (SSSR count). The van der Waals surface area contributed by atoms with Crippen LogP contribution in [0.15, 0.2) is 12.1 Å². The zero-order chi connectivity index (χ0) is 13.6. The highest BCUT2D eigenvalue weighted by atomic mass is 19.4. The highest BCUT2D eigenvalue weighted by molar-refractivity contribution is 5.37. The lowest BCUT2D eigenvalue weighted by molar-refractivity contribution is -0.119. The van der Waals surface area contributed by atoms with Crippen LogP contribution < -0.4 is 10.2 Å². The Balaban J connectivity index is 2.78. The molecule has 0 unspecified atom stereocenters. The topological polar surface area (TPSA) is 41.0 Å². The molecule has 1 heterocycles. The Bertz CT molecular complexity index is 350. The van der Waals surface area contributed by atoms with Gasteiger partial charge in [0, 0.05) is 13.1 Å². The van der Waals surface area contributed by atoms with E-state index < -0.39 is 12.7 Å². The molecule has 1 N–H and O–H groups in total. The highest BCUT2D eigenvalue weighted by Gasteiger charge is 2.31. The SMILES string of the molecule is CCCN(CC(F)(F)F)c1ccc(CNC)nn1. The summed E-state index contributed by atoms with van der Waals surface area (Å²) in [6.45, 7) is 1.67. The lowest BCUT2D eigenvalue weighted by Crippen LogP contribution is -2.35. The van der Waals surface area contributed by atoms with Gasteiger partial charge in [-0.05, 0) is 25.6 Å². The minimum absolute atomic E-state index is 0.258. The second-order valence-electron chi connectivity index (χ2n) is 3.95. The summed E-state index contributed by atoms with van der Waals surface area (Å²) < 4.78 is 37.2. The molecule has 0 radical (unpaired) electrons. The standard InChI is InChI=1S/C11H17F3N4/c1-3-6-18(8-11(12,13)14)10-5-4-9(7-15-2)16-17-10/h4-5,15H,3,6-8H2,1-2H3. The Kier molecular flexibility index (Phi) is 5.33. The molecule has 0 saturated heterocycles. The van der Waals surface area contributed by atoms with Gasteiger partial charge in [-0.3, -0.25) is 0 Å². The van der Waals surface area contributed by atoms with Crippen molar-refractivity contribution in [1.82, 2.24) is 15.5 Å². The van der Waals surface area contributed by atoms with Crippen LogP contribution in [0.25, 0.3) is 0 Å². The van der Waals surface area contributed by atoms with Crippen molar-refractivity contribution >= 4 is 5.82 Å². The number of aromatic nitrogens is 2. The second kappa shape index (κ2) is 6.53. The van der Waals surface area contributed by atoms with Gasteiger partial charge in [0.15, 0.2) is 5.82 Å². The number of anilines is 1. The zero-order valence-corrected chi connectivity index (χ0v) is 10.5. The maximum absolute atomic E-state index is 12.4. The van der Waals surface area contributed by atoms with Gasteiger partial charge in [0.2, 0.25) is 0 Å². The fraction of sp³-hybridized carbons (Fsp3) is 0.636. The number of nitrogens with zero attached hydrogens (tertiary/aromatic N) is 3. The van der Waals surface area contributed by atoms with Crippen molar-refractivity contribution in [2.24, 2.45) is 0 Å². The molecule has 0 aromatic carbocycles. The van der Waals surface area contributed by atoms with Crippen molar-refractivity contribution < 1.29 is 13.2 Å². The van der Waals surface area contributed by atoms with Gasteiger partial charge in [-0.15, -0.1) is 5.10 Å². The van der Waals surface area contributed by atoms with Crippen molar-refractivity contribution in [2.75, 3.05) is 25.0 Å². The summed E-state index contributed by atoms with van der Waals surface area (Å²) in [5.41, 5.74) is 0.699. The van der Waals surface area contributed by atoms with Gasteiger partial charge in [-0.2, -0.15) is 18.3 Å². The monoisotopic (exact) mass is 262 g/mol. The van der Waals surface area contributed by atoms with E-state index >= 15 is 0 Å². The number of hydrogen-bond donors (Lipinski definition) is 1. The number of alkyl halides is 3. The summed E-state index contributed by atoms with van der Waals surface area (Å²) in [5, 5.41) is 10.6. The number of halogens is 3. The number of hydrogen-bond acceptors (Lipinski definition) is 4. The molecule has 0 aliphatic heterocycles. The molecule has 1 aromatic rings. The van der Waals surface area contributed by atoms with Gasteiger partial charge in [0.1, 0.15) is 6.54 Å². The third-order valence-corrected chi connectivity index (χ3v) is 2.25. The first kappa shape index (κ1) is 14.7. The minimum atomic E-state index is -4.24. The Morgan fingerprint density at radius 1 is 1.28 bits per heavy atom. The summed E-state index contributed by atoms with van der Waals surface area (Å²) in [6, 6.07) is 3.25. The number of nitrogens with one attached hydrogen (secondary N) is 1. The summed E-state index contributed by atoms with van der Waals surface area (Å²) in [4.78, 5) is 1.19. The molecule has 7 heteroatoms. The Morgan fingerprint density at radius 2 is 2.00 bits per heavy atom. The van der Waals surface area contributed by atoms with Crippen LogP contribution in [0.4, 0.5) is 19.0 Å². The van der Waals surface area contributed by atoms with Gasteiger partial charge in [-0.1, -0.05) is 6.92 Å². The van der Waals surface area contributed by atoms with Crippen LogP contribution in [0.1, 0.15) is 19.0 Å². The lowest BCUT2D eigenvalue weighted by atomic mass is 10.3. The molecule has 0 atom stereocenters. The second-order valence-corrected chi connectivity index (χ2v) is 3.95. The third-order valence-electron chi connectivity index (χ3n) is 2.25. The molecular formula is C11H17F3N4. The average molecular weight is 262 g/mol. The van der Waals surface area contributed by atoms with Crippen molar-refractivity contribution in [2.45, 2.75) is 26.1 Å². The molecule has 0 bridgehead atoms. The van der Waals surface area contributed by atoms with Crippen LogP contribution in [0.2, 0.25) is 0 Å². The molecule has 4 nitrogen and oxygen atoms in total. The van der Waals surface area contributed by atoms with Crippen molar-refractivity contribution in [3.8, 4) is 0 Å². The van der Waals surface area contributed by atoms with Gasteiger partial charge >= 0.3 is 6.18 Å². The molecule has 0 aliphatic rings. The molecule has 18 heavy (non-hydrogen) atoms. The minimum Gasteiger partial charge on any atom is -0.346 e. The van der Waals surface area contributed by atoms with Crippen LogP contribution >= 0.6 is 0 Å². The predicted molar refractivity (Wildman–Crippen MR) is 63.4 cm³/mol. The molecular weight excluding hydrogens is 245 g/mol. The molecule has 0 amide bonds. The van der Waals surface area contributed by atoms with Crippen LogP contribution in [0.3, 0.4) is 0 Å². The molecule has 0 spiro atoms. The largest absolute Gasteiger partial charge is 0.405 e. The summed E-state index contributed by atoms with van der Waals surface area (Å²) in [5.74, 6) is 0.258. The van der Waals surface area contributed by atoms with Crippen LogP contribution in [0, 0.1) is 0 Å². The first-order chi connectivity index (χ1) is 8.46. The van der Waals surface area contributed by atoms with Gasteiger partial charge < -0.3 is 10.2 Å². The van der Waals surface area contributed by atoms with Crippen molar-refractivity contribution in [3.63, 3.8) is 0 Å². The molecule has 102 valence electrons. The zero-order valence-electron chi connectivity index (χ0n) is 10.5. The normalized spacial score (nSPS) is 11.6. The van der Waals surface area contributed by atoms with E-state index in [4.69, 9.17) is 0 Å². The van der Waals surface area contributed by atoms with E-state index in [0.717, 1.165) is 0 Å². The third kappa shape index (κ3) is 4.87. The van der Waals surface area contributed by atoms with Crippen LogP contribution in [-0.4, -0.2) is 36.5 Å². The Hall–Kier alpha value is -1.37. The van der Waals surface area contributed by atoms with Crippen LogP contribution in [-0.2, 0) is 6.54 Å². The molecule has 0 aliphatic carbocycles. The smallest absolute Gasteiger partial charge is 0.346 e. The van der Waals surface area contributed by atoms with Crippen molar-refractivity contribution in [3.05, 3.63) is 17.8 Å². The van der Waals surface area contributed by atoms with E-state index in [1.54, 1.807) is 19.2 Å². The van der Waals surface area contributed by atoms with E-state index in [9.17, 15) is 13.2 Å². The Morgan fingerprint density at radius 3 is 2.44 bits per heavy atom. The van der Waals surface area contributed by atoms with Crippen LogP contribution in [0.5, 0.6) is 0 Å². The first-order valence-electron chi connectivity index (χ1n) is 5.75. The fourth-order valence-corrected chi connectivity index (χ4v) is 1.56. The van der Waals surface area contributed by atoms with E-state index in [0.29, 0.717) is 25.2 Å². The molecule has 1 aromatic heterocycles. The van der Waals surface area contributed by atoms with Gasteiger partial charge in [-0.25, -0.2) is 0 Å². The number of rotatable bonds is 6. The Labute approximate surface area is 104 Å². The summed E-state index contributed by atoms with van der Waals surface area (Å²) in [7, 11) is 1.77. The quantitative estimate of drug-likeness (QED) is 0.851. The van der Waals surface area contributed by atoms with E-state index in [2.05, 4.69) is 15.5 Å². The summed E-state index contributed by atoms with van der Waals surface area (Å²) >= 11 is 0. The van der Waals surface area contributed by atoms with Crippen molar-refractivity contribution in [1.29, 1.82) is 0 Å². The molecule has 0 saturated carbocycles. The first-order valence-corrected chi connectivity index (χ1v) is 5.75. The lowest BCUT2D eigenvalue weighted by Gasteiger charge is -2.23. The van der Waals surface area contributed by atoms with E-state index in [1.165, 1.54) is 4.90 Å².